The number of aromatic hydroxyl groups is 1. The number of rotatable bonds is 5. The molecule has 0 unspecified atom stereocenters. The second-order valence-electron chi connectivity index (χ2n) is 5.15. The number of hydrazone groups is 1. The molecule has 4 nitrogen and oxygen atoms in total. The molecule has 0 bridgehead atoms. The first kappa shape index (κ1) is 15.6. The number of para-hydroxylation sites is 2. The zero-order valence-electron chi connectivity index (χ0n) is 13.3. The molecule has 0 saturated carbocycles. The molecule has 0 heterocycles. The number of hydrogen-bond donors (Lipinski definition) is 1. The summed E-state index contributed by atoms with van der Waals surface area (Å²) in [5.74, 6) is 0.820. The van der Waals surface area contributed by atoms with Crippen molar-refractivity contribution in [1.82, 2.24) is 0 Å². The molecule has 0 aliphatic rings. The molecule has 120 valence electrons. The van der Waals surface area contributed by atoms with E-state index in [-0.39, 0.29) is 5.75 Å². The van der Waals surface area contributed by atoms with Crippen LogP contribution in [0.15, 0.2) is 84.0 Å². The number of hydrogen-bond acceptors (Lipinski definition) is 4. The Kier molecular flexibility index (Phi) is 4.77. The highest BCUT2D eigenvalue weighted by molar-refractivity contribution is 5.85. The van der Waals surface area contributed by atoms with Crippen LogP contribution in [-0.4, -0.2) is 18.4 Å². The Morgan fingerprint density at radius 1 is 0.875 bits per heavy atom. The van der Waals surface area contributed by atoms with Gasteiger partial charge in [0.2, 0.25) is 0 Å². The van der Waals surface area contributed by atoms with Gasteiger partial charge in [0.15, 0.2) is 0 Å². The van der Waals surface area contributed by atoms with Crippen LogP contribution in [0.1, 0.15) is 5.56 Å². The maximum Gasteiger partial charge on any atom is 0.124 e. The van der Waals surface area contributed by atoms with Crippen LogP contribution in [0.3, 0.4) is 0 Å². The van der Waals surface area contributed by atoms with Gasteiger partial charge >= 0.3 is 0 Å². The van der Waals surface area contributed by atoms with Crippen molar-refractivity contribution in [2.24, 2.45) is 5.10 Å². The van der Waals surface area contributed by atoms with E-state index in [1.807, 2.05) is 65.7 Å². The second-order valence-corrected chi connectivity index (χ2v) is 5.15. The van der Waals surface area contributed by atoms with Gasteiger partial charge in [0.05, 0.1) is 24.7 Å². The molecule has 1 N–H and O–H groups in total. The molecule has 0 aliphatic carbocycles. The van der Waals surface area contributed by atoms with Gasteiger partial charge in [-0.2, -0.15) is 5.10 Å². The smallest absolute Gasteiger partial charge is 0.124 e. The largest absolute Gasteiger partial charge is 0.507 e. The molecule has 0 atom stereocenters. The molecule has 24 heavy (non-hydrogen) atoms. The molecule has 3 rings (SSSR count). The molecule has 3 aromatic rings. The van der Waals surface area contributed by atoms with Crippen molar-refractivity contribution in [1.29, 1.82) is 0 Å². The Hall–Kier alpha value is -3.27. The van der Waals surface area contributed by atoms with Crippen LogP contribution in [0.25, 0.3) is 0 Å². The van der Waals surface area contributed by atoms with Crippen LogP contribution in [-0.2, 0) is 0 Å². The molecule has 3 aromatic carbocycles. The van der Waals surface area contributed by atoms with Crippen LogP contribution < -0.4 is 9.75 Å². The van der Waals surface area contributed by atoms with Gasteiger partial charge in [0.25, 0.3) is 0 Å². The number of phenolic OH excluding ortho intramolecular Hbond substituents is 1. The predicted octanol–water partition coefficient (Wildman–Crippen LogP) is 4.57. The van der Waals surface area contributed by atoms with Crippen molar-refractivity contribution in [2.45, 2.75) is 0 Å². The van der Waals surface area contributed by atoms with Crippen LogP contribution in [0.2, 0.25) is 0 Å². The summed E-state index contributed by atoms with van der Waals surface area (Å²) in [6.07, 6.45) is 1.62. The van der Waals surface area contributed by atoms with E-state index in [9.17, 15) is 5.11 Å². The van der Waals surface area contributed by atoms with Gasteiger partial charge in [-0.3, -0.25) is 0 Å². The van der Waals surface area contributed by atoms with Gasteiger partial charge in [-0.1, -0.05) is 36.4 Å². The highest BCUT2D eigenvalue weighted by Gasteiger charge is 2.07. The Bertz CT molecular complexity index is 778. The van der Waals surface area contributed by atoms with E-state index in [2.05, 4.69) is 5.10 Å². The minimum Gasteiger partial charge on any atom is -0.507 e. The minimum absolute atomic E-state index is 0.153. The van der Waals surface area contributed by atoms with E-state index in [0.29, 0.717) is 11.3 Å². The van der Waals surface area contributed by atoms with Gasteiger partial charge in [0, 0.05) is 5.56 Å². The van der Waals surface area contributed by atoms with Crippen molar-refractivity contribution in [3.05, 3.63) is 84.4 Å². The van der Waals surface area contributed by atoms with E-state index in [1.54, 1.807) is 31.5 Å². The topological polar surface area (TPSA) is 45.1 Å². The van der Waals surface area contributed by atoms with Crippen molar-refractivity contribution in [3.8, 4) is 11.5 Å². The van der Waals surface area contributed by atoms with Gasteiger partial charge in [0.1, 0.15) is 11.5 Å². The van der Waals surface area contributed by atoms with E-state index in [1.165, 1.54) is 0 Å². The Labute approximate surface area is 141 Å². The Morgan fingerprint density at radius 2 is 1.46 bits per heavy atom. The SMILES string of the molecule is COc1ccc(O)c(C=NN(c2ccccc2)c2ccccc2)c1. The molecule has 0 saturated heterocycles. The van der Waals surface area contributed by atoms with E-state index >= 15 is 0 Å². The van der Waals surface area contributed by atoms with E-state index in [4.69, 9.17) is 4.74 Å². The molecule has 4 heteroatoms. The number of nitrogens with zero attached hydrogens (tertiary/aromatic N) is 2. The molecule has 0 fully saturated rings. The molecule has 0 amide bonds. The summed E-state index contributed by atoms with van der Waals surface area (Å²) in [6, 6.07) is 24.7. The second kappa shape index (κ2) is 7.33. The summed E-state index contributed by atoms with van der Waals surface area (Å²) in [5, 5.41) is 16.4. The van der Waals surface area contributed by atoms with Crippen LogP contribution in [0, 0.1) is 0 Å². The average molecular weight is 318 g/mol. The third kappa shape index (κ3) is 3.55. The monoisotopic (exact) mass is 318 g/mol. The molecule has 0 radical (unpaired) electrons. The summed E-state index contributed by atoms with van der Waals surface area (Å²) in [7, 11) is 1.59. The maximum absolute atomic E-state index is 10.0. The highest BCUT2D eigenvalue weighted by atomic mass is 16.5. The lowest BCUT2D eigenvalue weighted by molar-refractivity contribution is 0.412. The summed E-state index contributed by atoms with van der Waals surface area (Å²) < 4.78 is 5.20. The Morgan fingerprint density at radius 3 is 2.00 bits per heavy atom. The molecule has 0 aliphatic heterocycles. The van der Waals surface area contributed by atoms with Crippen molar-refractivity contribution in [3.63, 3.8) is 0 Å². The molecule has 0 spiro atoms. The standard InChI is InChI=1S/C20H18N2O2/c1-24-19-12-13-20(23)16(14-19)15-21-22(17-8-4-2-5-9-17)18-10-6-3-7-11-18/h2-15,23H,1H3. The molecule has 0 aromatic heterocycles. The van der Waals surface area contributed by atoms with Gasteiger partial charge in [-0.15, -0.1) is 0 Å². The summed E-state index contributed by atoms with van der Waals surface area (Å²) >= 11 is 0. The number of methoxy groups -OCH3 is 1. The minimum atomic E-state index is 0.153. The highest BCUT2D eigenvalue weighted by Crippen LogP contribution is 2.26. The zero-order chi connectivity index (χ0) is 16.8. The van der Waals surface area contributed by atoms with Crippen LogP contribution >= 0.6 is 0 Å². The predicted molar refractivity (Wildman–Crippen MR) is 97.3 cm³/mol. The fourth-order valence-corrected chi connectivity index (χ4v) is 2.30. The Balaban J connectivity index is 1.98. The van der Waals surface area contributed by atoms with E-state index in [0.717, 1.165) is 11.4 Å². The third-order valence-electron chi connectivity index (χ3n) is 3.55. The fourth-order valence-electron chi connectivity index (χ4n) is 2.30. The van der Waals surface area contributed by atoms with Gasteiger partial charge in [-0.25, -0.2) is 5.01 Å². The number of benzene rings is 3. The summed E-state index contributed by atoms with van der Waals surface area (Å²) in [5.41, 5.74) is 2.45. The number of anilines is 2. The number of phenols is 1. The van der Waals surface area contributed by atoms with Crippen molar-refractivity contribution >= 4 is 17.6 Å². The van der Waals surface area contributed by atoms with Crippen LogP contribution in [0.5, 0.6) is 11.5 Å². The van der Waals surface area contributed by atoms with Gasteiger partial charge < -0.3 is 9.84 Å². The zero-order valence-corrected chi connectivity index (χ0v) is 13.3. The molecular formula is C20H18N2O2. The third-order valence-corrected chi connectivity index (χ3v) is 3.55. The normalized spacial score (nSPS) is 10.7. The van der Waals surface area contributed by atoms with E-state index < -0.39 is 0 Å². The van der Waals surface area contributed by atoms with Crippen LogP contribution in [0.4, 0.5) is 11.4 Å². The fraction of sp³-hybridized carbons (Fsp3) is 0.0500. The van der Waals surface area contributed by atoms with Crippen molar-refractivity contribution < 1.29 is 9.84 Å². The summed E-state index contributed by atoms with van der Waals surface area (Å²) in [4.78, 5) is 0. The first-order valence-corrected chi connectivity index (χ1v) is 7.59. The maximum atomic E-state index is 10.0. The van der Waals surface area contributed by atoms with Crippen molar-refractivity contribution in [2.75, 3.05) is 12.1 Å². The molecular weight excluding hydrogens is 300 g/mol. The lowest BCUT2D eigenvalue weighted by Gasteiger charge is -2.19. The lowest BCUT2D eigenvalue weighted by Crippen LogP contribution is -2.09. The quantitative estimate of drug-likeness (QED) is 0.553. The first-order chi connectivity index (χ1) is 11.8. The van der Waals surface area contributed by atoms with Gasteiger partial charge in [-0.05, 0) is 42.5 Å². The summed E-state index contributed by atoms with van der Waals surface area (Å²) in [6.45, 7) is 0. The number of ether oxygens (including phenoxy) is 1. The first-order valence-electron chi connectivity index (χ1n) is 7.59. The lowest BCUT2D eigenvalue weighted by atomic mass is 10.2. The average Bonchev–Trinajstić information content (AvgIpc) is 2.65.